The number of likely N-dealkylation sites (tertiary alicyclic amines) is 1. The summed E-state index contributed by atoms with van der Waals surface area (Å²) in [7, 11) is 3.04. The Balaban J connectivity index is 1.53. The van der Waals surface area contributed by atoms with Gasteiger partial charge in [0.1, 0.15) is 29.2 Å². The highest BCUT2D eigenvalue weighted by Crippen LogP contribution is 2.34. The van der Waals surface area contributed by atoms with E-state index in [9.17, 15) is 13.6 Å². The fourth-order valence-corrected chi connectivity index (χ4v) is 3.51. The van der Waals surface area contributed by atoms with E-state index in [4.69, 9.17) is 14.0 Å². The molecule has 2 aromatic carbocycles. The highest BCUT2D eigenvalue weighted by atomic mass is 19.1. The van der Waals surface area contributed by atoms with E-state index in [1.807, 2.05) is 0 Å². The Kier molecular flexibility index (Phi) is 5.70. The highest BCUT2D eigenvalue weighted by molar-refractivity contribution is 5.91. The van der Waals surface area contributed by atoms with Crippen LogP contribution in [0.25, 0.3) is 11.4 Å². The second-order valence-corrected chi connectivity index (χ2v) is 6.93. The van der Waals surface area contributed by atoms with Crippen LogP contribution in [-0.4, -0.2) is 41.8 Å². The molecule has 2 amide bonds. The number of carbonyl (C=O) groups is 1. The first-order valence-electron chi connectivity index (χ1n) is 9.59. The number of anilines is 1. The zero-order valence-corrected chi connectivity index (χ0v) is 16.9. The number of halogens is 2. The molecular weight excluding hydrogens is 410 g/mol. The average molecular weight is 430 g/mol. The summed E-state index contributed by atoms with van der Waals surface area (Å²) in [5.41, 5.74) is 0.506. The lowest BCUT2D eigenvalue weighted by molar-refractivity contribution is 0.193. The summed E-state index contributed by atoms with van der Waals surface area (Å²) in [5, 5.41) is 6.63. The van der Waals surface area contributed by atoms with Gasteiger partial charge in [-0.05, 0) is 37.1 Å². The van der Waals surface area contributed by atoms with E-state index in [1.165, 1.54) is 20.3 Å². The van der Waals surface area contributed by atoms with Crippen LogP contribution in [0.4, 0.5) is 19.3 Å². The number of nitrogens with one attached hydrogen (secondary N) is 1. The van der Waals surface area contributed by atoms with Gasteiger partial charge < -0.3 is 24.2 Å². The molecule has 0 radical (unpaired) electrons. The predicted molar refractivity (Wildman–Crippen MR) is 107 cm³/mol. The Bertz CT molecular complexity index is 1100. The molecule has 1 aliphatic heterocycles. The number of methoxy groups -OCH3 is 2. The number of urea groups is 1. The van der Waals surface area contributed by atoms with Crippen molar-refractivity contribution in [1.29, 1.82) is 0 Å². The molecule has 3 aromatic rings. The van der Waals surface area contributed by atoms with Crippen molar-refractivity contribution < 1.29 is 27.6 Å². The third kappa shape index (κ3) is 4.14. The molecule has 0 unspecified atom stereocenters. The molecule has 8 nitrogen and oxygen atoms in total. The lowest BCUT2D eigenvalue weighted by Gasteiger charge is -2.23. The lowest BCUT2D eigenvalue weighted by atomic mass is 10.2. The maximum absolute atomic E-state index is 14.0. The molecule has 10 heteroatoms. The van der Waals surface area contributed by atoms with Crippen LogP contribution in [-0.2, 0) is 0 Å². The van der Waals surface area contributed by atoms with Gasteiger partial charge in [0.05, 0.1) is 25.5 Å². The summed E-state index contributed by atoms with van der Waals surface area (Å²) in [6.45, 7) is 0.484. The molecule has 162 valence electrons. The fourth-order valence-electron chi connectivity index (χ4n) is 3.51. The van der Waals surface area contributed by atoms with Crippen molar-refractivity contribution in [2.45, 2.75) is 18.9 Å². The van der Waals surface area contributed by atoms with E-state index in [0.717, 1.165) is 18.6 Å². The lowest BCUT2D eigenvalue weighted by Crippen LogP contribution is -2.34. The Labute approximate surface area is 176 Å². The zero-order chi connectivity index (χ0) is 22.0. The summed E-state index contributed by atoms with van der Waals surface area (Å²) < 4.78 is 43.0. The van der Waals surface area contributed by atoms with Gasteiger partial charge in [-0.1, -0.05) is 5.16 Å². The molecule has 0 aliphatic carbocycles. The van der Waals surface area contributed by atoms with Gasteiger partial charge in [0.2, 0.25) is 11.7 Å². The third-order valence-electron chi connectivity index (χ3n) is 5.06. The molecule has 0 bridgehead atoms. The number of benzene rings is 2. The third-order valence-corrected chi connectivity index (χ3v) is 5.06. The van der Waals surface area contributed by atoms with Crippen molar-refractivity contribution in [3.05, 3.63) is 53.9 Å². The molecule has 4 rings (SSSR count). The van der Waals surface area contributed by atoms with Crippen LogP contribution >= 0.6 is 0 Å². The number of aromatic nitrogens is 2. The van der Waals surface area contributed by atoms with Crippen molar-refractivity contribution in [3.63, 3.8) is 0 Å². The molecular formula is C21H20F2N4O4. The van der Waals surface area contributed by atoms with E-state index >= 15 is 0 Å². The minimum absolute atomic E-state index is 0.00316. The van der Waals surface area contributed by atoms with Crippen molar-refractivity contribution in [3.8, 4) is 22.9 Å². The summed E-state index contributed by atoms with van der Waals surface area (Å²) in [4.78, 5) is 18.7. The van der Waals surface area contributed by atoms with E-state index in [2.05, 4.69) is 15.5 Å². The van der Waals surface area contributed by atoms with Crippen LogP contribution in [0.2, 0.25) is 0 Å². The predicted octanol–water partition coefficient (Wildman–Crippen LogP) is 4.40. The quantitative estimate of drug-likeness (QED) is 0.645. The summed E-state index contributed by atoms with van der Waals surface area (Å²) in [6, 6.07) is 7.35. The first-order chi connectivity index (χ1) is 15.0. The second-order valence-electron chi connectivity index (χ2n) is 6.93. The number of nitrogens with zero attached hydrogens (tertiary/aromatic N) is 3. The van der Waals surface area contributed by atoms with Gasteiger partial charge in [0.25, 0.3) is 0 Å². The molecule has 1 saturated heterocycles. The summed E-state index contributed by atoms with van der Waals surface area (Å²) in [6.07, 6.45) is 1.35. The van der Waals surface area contributed by atoms with Gasteiger partial charge in [-0.15, -0.1) is 0 Å². The smallest absolute Gasteiger partial charge is 0.322 e. The van der Waals surface area contributed by atoms with Gasteiger partial charge in [0.15, 0.2) is 0 Å². The van der Waals surface area contributed by atoms with Gasteiger partial charge in [-0.3, -0.25) is 0 Å². The van der Waals surface area contributed by atoms with Crippen LogP contribution in [0.3, 0.4) is 0 Å². The fraction of sp³-hybridized carbons (Fsp3) is 0.286. The summed E-state index contributed by atoms with van der Waals surface area (Å²) in [5.74, 6) is -0.252. The molecule has 31 heavy (non-hydrogen) atoms. The molecule has 1 atom stereocenters. The van der Waals surface area contributed by atoms with Crippen LogP contribution in [0.15, 0.2) is 40.9 Å². The largest absolute Gasteiger partial charge is 0.497 e. The number of ether oxygens (including phenoxy) is 2. The number of hydrogen-bond donors (Lipinski definition) is 1. The van der Waals surface area contributed by atoms with E-state index in [1.54, 1.807) is 23.1 Å². The van der Waals surface area contributed by atoms with Crippen molar-refractivity contribution in [2.24, 2.45) is 0 Å². The van der Waals surface area contributed by atoms with Gasteiger partial charge in [0, 0.05) is 18.7 Å². The molecule has 0 saturated carbocycles. The van der Waals surface area contributed by atoms with Crippen LogP contribution < -0.4 is 14.8 Å². The van der Waals surface area contributed by atoms with Gasteiger partial charge in [-0.25, -0.2) is 13.6 Å². The number of hydrogen-bond acceptors (Lipinski definition) is 6. The average Bonchev–Trinajstić information content (AvgIpc) is 3.43. The Morgan fingerprint density at radius 2 is 2.03 bits per heavy atom. The minimum atomic E-state index is -0.792. The van der Waals surface area contributed by atoms with Crippen molar-refractivity contribution in [1.82, 2.24) is 15.0 Å². The molecule has 1 aromatic heterocycles. The molecule has 1 N–H and O–H groups in total. The van der Waals surface area contributed by atoms with E-state index in [0.29, 0.717) is 30.2 Å². The first kappa shape index (κ1) is 20.6. The Morgan fingerprint density at radius 1 is 1.19 bits per heavy atom. The number of rotatable bonds is 5. The maximum atomic E-state index is 14.0. The van der Waals surface area contributed by atoms with Gasteiger partial charge >= 0.3 is 6.03 Å². The number of amides is 2. The number of carbonyl (C=O) groups excluding carboxylic acids is 1. The van der Waals surface area contributed by atoms with Crippen LogP contribution in [0.1, 0.15) is 24.8 Å². The molecule has 1 aliphatic rings. The molecule has 2 heterocycles. The maximum Gasteiger partial charge on any atom is 0.322 e. The molecule has 0 spiro atoms. The van der Waals surface area contributed by atoms with Crippen LogP contribution in [0, 0.1) is 11.6 Å². The highest BCUT2D eigenvalue weighted by Gasteiger charge is 2.34. The SMILES string of the molecule is COc1ccc(NC(=O)N2CCC[C@@H]2c2nc(-c3ccc(F)cc3F)no2)c(OC)c1. The normalized spacial score (nSPS) is 15.7. The Morgan fingerprint density at radius 3 is 2.77 bits per heavy atom. The van der Waals surface area contributed by atoms with E-state index in [-0.39, 0.29) is 23.3 Å². The standard InChI is InChI=1S/C21H20F2N4O4/c1-29-13-6-8-16(18(11-13)30-2)24-21(28)27-9-3-4-17(27)20-25-19(26-31-20)14-7-5-12(22)10-15(14)23/h5-8,10-11,17H,3-4,9H2,1-2H3,(H,24,28)/t17-/m1/s1. The summed E-state index contributed by atoms with van der Waals surface area (Å²) >= 11 is 0. The van der Waals surface area contributed by atoms with E-state index < -0.39 is 17.7 Å². The van der Waals surface area contributed by atoms with Crippen molar-refractivity contribution >= 4 is 11.7 Å². The monoisotopic (exact) mass is 430 g/mol. The molecule has 1 fully saturated rings. The van der Waals surface area contributed by atoms with Gasteiger partial charge in [-0.2, -0.15) is 4.98 Å². The Hall–Kier alpha value is -3.69. The van der Waals surface area contributed by atoms with Crippen molar-refractivity contribution in [2.75, 3.05) is 26.1 Å². The topological polar surface area (TPSA) is 89.7 Å². The van der Waals surface area contributed by atoms with Crippen LogP contribution in [0.5, 0.6) is 11.5 Å². The zero-order valence-electron chi connectivity index (χ0n) is 16.9. The minimum Gasteiger partial charge on any atom is -0.497 e. The first-order valence-corrected chi connectivity index (χ1v) is 9.59. The second kappa shape index (κ2) is 8.58.